The molecule has 0 aromatic carbocycles. The molecule has 5 heteroatoms. The lowest BCUT2D eigenvalue weighted by Crippen LogP contribution is -2.27. The highest BCUT2D eigenvalue weighted by Gasteiger charge is 2.19. The molecule has 0 aliphatic carbocycles. The molecule has 68 valence electrons. The topological polar surface area (TPSA) is 86.5 Å². The normalized spacial score (nSPS) is 11.9. The number of ether oxygens (including phenoxy) is 1. The molecule has 2 N–H and O–H groups in total. The Bertz CT molecular complexity index is 211. The SMILES string of the molecule is CC(=O)C(=O)OC(=O)[C@H](C)CN. The minimum absolute atomic E-state index is 0.0873. The van der Waals surface area contributed by atoms with Crippen molar-refractivity contribution in [3.8, 4) is 0 Å². The van der Waals surface area contributed by atoms with E-state index in [1.54, 1.807) is 0 Å². The Morgan fingerprint density at radius 1 is 1.42 bits per heavy atom. The van der Waals surface area contributed by atoms with Crippen molar-refractivity contribution in [1.82, 2.24) is 0 Å². The van der Waals surface area contributed by atoms with Crippen molar-refractivity contribution >= 4 is 17.7 Å². The molecule has 0 heterocycles. The summed E-state index contributed by atoms with van der Waals surface area (Å²) < 4.78 is 4.16. The standard InChI is InChI=1S/C7H11NO4/c1-4(3-8)6(10)12-7(11)5(2)9/h4H,3,8H2,1-2H3/t4-/m1/s1. The molecule has 0 aromatic rings. The van der Waals surface area contributed by atoms with E-state index >= 15 is 0 Å². The van der Waals surface area contributed by atoms with Crippen molar-refractivity contribution in [1.29, 1.82) is 0 Å². The zero-order valence-electron chi connectivity index (χ0n) is 6.99. The number of rotatable bonds is 3. The summed E-state index contributed by atoms with van der Waals surface area (Å²) in [6, 6.07) is 0. The zero-order chi connectivity index (χ0) is 9.72. The van der Waals surface area contributed by atoms with E-state index in [-0.39, 0.29) is 6.54 Å². The predicted octanol–water partition coefficient (Wildman–Crippen LogP) is -0.760. The molecule has 0 spiro atoms. The Kier molecular flexibility index (Phi) is 4.14. The molecule has 0 fully saturated rings. The predicted molar refractivity (Wildman–Crippen MR) is 40.0 cm³/mol. The molecule has 0 radical (unpaired) electrons. The van der Waals surface area contributed by atoms with Crippen LogP contribution in [0, 0.1) is 5.92 Å². The molecule has 12 heavy (non-hydrogen) atoms. The minimum atomic E-state index is -1.14. The smallest absolute Gasteiger partial charge is 0.381 e. The van der Waals surface area contributed by atoms with Crippen molar-refractivity contribution in [2.24, 2.45) is 11.7 Å². The highest BCUT2D eigenvalue weighted by Crippen LogP contribution is 1.95. The first-order valence-corrected chi connectivity index (χ1v) is 3.45. The summed E-state index contributed by atoms with van der Waals surface area (Å²) in [6.45, 7) is 2.63. The molecule has 1 atom stereocenters. The van der Waals surface area contributed by atoms with Crippen LogP contribution >= 0.6 is 0 Å². The van der Waals surface area contributed by atoms with E-state index in [0.29, 0.717) is 0 Å². The quantitative estimate of drug-likeness (QED) is 0.344. The van der Waals surface area contributed by atoms with Gasteiger partial charge in [-0.15, -0.1) is 0 Å². The highest BCUT2D eigenvalue weighted by molar-refractivity contribution is 6.34. The van der Waals surface area contributed by atoms with Crippen LogP contribution in [0.3, 0.4) is 0 Å². The second-order valence-corrected chi connectivity index (χ2v) is 2.40. The Morgan fingerprint density at radius 2 is 1.92 bits per heavy atom. The van der Waals surface area contributed by atoms with E-state index in [1.807, 2.05) is 0 Å². The third-order valence-electron chi connectivity index (χ3n) is 1.24. The molecular weight excluding hydrogens is 162 g/mol. The Balaban J connectivity index is 4.01. The number of carbonyl (C=O) groups excluding carboxylic acids is 3. The molecule has 0 unspecified atom stereocenters. The maximum atomic E-state index is 10.8. The van der Waals surface area contributed by atoms with Gasteiger partial charge in [0, 0.05) is 13.5 Å². The van der Waals surface area contributed by atoms with Gasteiger partial charge in [0.2, 0.25) is 5.78 Å². The first kappa shape index (κ1) is 10.8. The van der Waals surface area contributed by atoms with Crippen LogP contribution in [0.4, 0.5) is 0 Å². The first-order chi connectivity index (χ1) is 5.49. The van der Waals surface area contributed by atoms with E-state index in [0.717, 1.165) is 6.92 Å². The molecule has 0 saturated heterocycles. The lowest BCUT2D eigenvalue weighted by molar-refractivity contribution is -0.165. The first-order valence-electron chi connectivity index (χ1n) is 3.45. The molecule has 0 aliphatic heterocycles. The van der Waals surface area contributed by atoms with Crippen LogP contribution in [-0.4, -0.2) is 24.3 Å². The maximum Gasteiger partial charge on any atom is 0.381 e. The molecule has 0 amide bonds. The summed E-state index contributed by atoms with van der Waals surface area (Å²) in [5.41, 5.74) is 5.13. The molecule has 0 aromatic heterocycles. The highest BCUT2D eigenvalue weighted by atomic mass is 16.6. The van der Waals surface area contributed by atoms with Gasteiger partial charge in [0.25, 0.3) is 0 Å². The van der Waals surface area contributed by atoms with Crippen molar-refractivity contribution in [3.63, 3.8) is 0 Å². The van der Waals surface area contributed by atoms with Gasteiger partial charge in [0.1, 0.15) is 0 Å². The Hall–Kier alpha value is -1.23. The Labute approximate surface area is 69.9 Å². The van der Waals surface area contributed by atoms with Gasteiger partial charge in [-0.1, -0.05) is 6.92 Å². The fourth-order valence-electron chi connectivity index (χ4n) is 0.360. The zero-order valence-corrected chi connectivity index (χ0v) is 6.99. The molecule has 0 rings (SSSR count). The number of hydrogen-bond donors (Lipinski definition) is 1. The number of carbonyl (C=O) groups is 3. The van der Waals surface area contributed by atoms with Gasteiger partial charge >= 0.3 is 11.9 Å². The average Bonchev–Trinajstić information content (AvgIpc) is 2.02. The van der Waals surface area contributed by atoms with Gasteiger partial charge in [-0.3, -0.25) is 9.59 Å². The van der Waals surface area contributed by atoms with Crippen molar-refractivity contribution < 1.29 is 19.1 Å². The molecule has 0 bridgehead atoms. The van der Waals surface area contributed by atoms with Crippen LogP contribution in [0.2, 0.25) is 0 Å². The number of nitrogens with two attached hydrogens (primary N) is 1. The summed E-state index contributed by atoms with van der Waals surface area (Å²) in [5.74, 6) is -3.26. The third-order valence-corrected chi connectivity index (χ3v) is 1.24. The largest absolute Gasteiger partial charge is 0.387 e. The fraction of sp³-hybridized carbons (Fsp3) is 0.571. The molecule has 0 saturated carbocycles. The van der Waals surface area contributed by atoms with Crippen LogP contribution in [0.15, 0.2) is 0 Å². The van der Waals surface area contributed by atoms with E-state index in [2.05, 4.69) is 4.74 Å². The van der Waals surface area contributed by atoms with Crippen LogP contribution < -0.4 is 5.73 Å². The van der Waals surface area contributed by atoms with E-state index in [9.17, 15) is 14.4 Å². The lowest BCUT2D eigenvalue weighted by atomic mass is 10.2. The van der Waals surface area contributed by atoms with Gasteiger partial charge < -0.3 is 10.5 Å². The number of esters is 2. The van der Waals surface area contributed by atoms with Crippen molar-refractivity contribution in [2.45, 2.75) is 13.8 Å². The van der Waals surface area contributed by atoms with Gasteiger partial charge in [-0.2, -0.15) is 0 Å². The second-order valence-electron chi connectivity index (χ2n) is 2.40. The second kappa shape index (κ2) is 4.61. The molecular formula is C7H11NO4. The molecule has 0 aliphatic rings. The Morgan fingerprint density at radius 3 is 2.25 bits per heavy atom. The number of hydrogen-bond acceptors (Lipinski definition) is 5. The van der Waals surface area contributed by atoms with E-state index in [4.69, 9.17) is 5.73 Å². The summed E-state index contributed by atoms with van der Waals surface area (Å²) in [7, 11) is 0. The van der Waals surface area contributed by atoms with Gasteiger partial charge in [0.05, 0.1) is 5.92 Å². The minimum Gasteiger partial charge on any atom is -0.387 e. The van der Waals surface area contributed by atoms with E-state index < -0.39 is 23.6 Å². The van der Waals surface area contributed by atoms with Crippen molar-refractivity contribution in [3.05, 3.63) is 0 Å². The van der Waals surface area contributed by atoms with Crippen LogP contribution in [0.5, 0.6) is 0 Å². The summed E-state index contributed by atoms with van der Waals surface area (Å²) in [4.78, 5) is 31.7. The summed E-state index contributed by atoms with van der Waals surface area (Å²) in [6.07, 6.45) is 0. The van der Waals surface area contributed by atoms with Gasteiger partial charge in [-0.25, -0.2) is 4.79 Å². The van der Waals surface area contributed by atoms with Gasteiger partial charge in [0.15, 0.2) is 0 Å². The average molecular weight is 173 g/mol. The van der Waals surface area contributed by atoms with Crippen LogP contribution in [0.1, 0.15) is 13.8 Å². The number of Topliss-reactive ketones (excluding diaryl/α,β-unsaturated/α-hetero) is 1. The van der Waals surface area contributed by atoms with Crippen LogP contribution in [0.25, 0.3) is 0 Å². The number of ketones is 1. The van der Waals surface area contributed by atoms with Crippen LogP contribution in [-0.2, 0) is 19.1 Å². The molecule has 5 nitrogen and oxygen atoms in total. The monoisotopic (exact) mass is 173 g/mol. The van der Waals surface area contributed by atoms with Crippen molar-refractivity contribution in [2.75, 3.05) is 6.54 Å². The fourth-order valence-corrected chi connectivity index (χ4v) is 0.360. The summed E-state index contributed by atoms with van der Waals surface area (Å²) in [5, 5.41) is 0. The maximum absolute atomic E-state index is 10.8. The van der Waals surface area contributed by atoms with E-state index in [1.165, 1.54) is 6.92 Å². The summed E-state index contributed by atoms with van der Waals surface area (Å²) >= 11 is 0. The lowest BCUT2D eigenvalue weighted by Gasteiger charge is -2.05. The third kappa shape index (κ3) is 3.25. The van der Waals surface area contributed by atoms with Gasteiger partial charge in [-0.05, 0) is 0 Å².